The van der Waals surface area contributed by atoms with Crippen molar-refractivity contribution in [2.45, 2.75) is 6.04 Å². The number of nitrogens with zero attached hydrogens (tertiary/aromatic N) is 1. The Hall–Kier alpha value is -3.42. The number of ether oxygens (including phenoxy) is 2. The summed E-state index contributed by atoms with van der Waals surface area (Å²) in [5.41, 5.74) is 1.51. The Kier molecular flexibility index (Phi) is 7.59. The van der Waals surface area contributed by atoms with Gasteiger partial charge in [0.2, 0.25) is 0 Å². The molecule has 2 aromatic carbocycles. The number of carbonyl (C=O) groups excluding carboxylic acids is 2. The number of methoxy groups -OCH3 is 1. The molecule has 1 aliphatic rings. The Balaban J connectivity index is 1.92. The van der Waals surface area contributed by atoms with Crippen molar-refractivity contribution in [2.75, 3.05) is 33.5 Å². The predicted molar refractivity (Wildman–Crippen MR) is 115 cm³/mol. The van der Waals surface area contributed by atoms with E-state index in [1.165, 1.54) is 11.0 Å². The molecule has 162 valence electrons. The van der Waals surface area contributed by atoms with Gasteiger partial charge in [-0.25, -0.2) is 0 Å². The summed E-state index contributed by atoms with van der Waals surface area (Å²) in [5, 5.41) is 19.4. The molecule has 1 amide bonds. The van der Waals surface area contributed by atoms with Gasteiger partial charge in [-0.3, -0.25) is 9.59 Å². The van der Waals surface area contributed by atoms with E-state index in [2.05, 4.69) is 0 Å². The fraction of sp³-hybridized carbons (Fsp3) is 0.250. The van der Waals surface area contributed by atoms with Gasteiger partial charge in [-0.1, -0.05) is 48.5 Å². The molecule has 0 radical (unpaired) electrons. The molecule has 0 spiro atoms. The summed E-state index contributed by atoms with van der Waals surface area (Å²) in [7, 11) is 1.55. The quantitative estimate of drug-likeness (QED) is 0.451. The van der Waals surface area contributed by atoms with Crippen LogP contribution in [0.1, 0.15) is 17.2 Å². The minimum atomic E-state index is -0.760. The zero-order valence-corrected chi connectivity index (χ0v) is 17.2. The Morgan fingerprint density at radius 1 is 1.10 bits per heavy atom. The smallest absolute Gasteiger partial charge is 0.290 e. The minimum Gasteiger partial charge on any atom is -0.503 e. The second kappa shape index (κ2) is 10.6. The van der Waals surface area contributed by atoms with Crippen LogP contribution in [0.2, 0.25) is 0 Å². The van der Waals surface area contributed by atoms with Crippen molar-refractivity contribution in [2.24, 2.45) is 0 Å². The van der Waals surface area contributed by atoms with Gasteiger partial charge >= 0.3 is 0 Å². The number of amides is 1. The number of hydrogen-bond acceptors (Lipinski definition) is 6. The minimum absolute atomic E-state index is 0.0181. The van der Waals surface area contributed by atoms with Crippen LogP contribution in [-0.2, 0) is 14.3 Å². The summed E-state index contributed by atoms with van der Waals surface area (Å²) in [6.07, 6.45) is 3.00. The summed E-state index contributed by atoms with van der Waals surface area (Å²) < 4.78 is 10.5. The standard InChI is InChI=1S/C24H25NO6/c1-30-19-10-8-18(9-11-19)22-21(20(27)12-7-17-5-3-2-4-6-17)23(28)24(29)25(22)13-15-31-16-14-26/h2-12,22,26,28H,13-16H2,1H3/b12-7+/t22-/m0/s1. The zero-order valence-electron chi connectivity index (χ0n) is 17.2. The lowest BCUT2D eigenvalue weighted by molar-refractivity contribution is -0.130. The molecule has 1 aliphatic heterocycles. The third-order valence-corrected chi connectivity index (χ3v) is 4.94. The zero-order chi connectivity index (χ0) is 22.2. The lowest BCUT2D eigenvalue weighted by Gasteiger charge is -2.26. The lowest BCUT2D eigenvalue weighted by atomic mass is 9.95. The monoisotopic (exact) mass is 423 g/mol. The third-order valence-electron chi connectivity index (χ3n) is 4.94. The van der Waals surface area contributed by atoms with Crippen LogP contribution in [-0.4, -0.2) is 60.3 Å². The van der Waals surface area contributed by atoms with Crippen molar-refractivity contribution >= 4 is 17.8 Å². The van der Waals surface area contributed by atoms with Crippen LogP contribution in [0.3, 0.4) is 0 Å². The Morgan fingerprint density at radius 2 is 1.81 bits per heavy atom. The SMILES string of the molecule is COc1ccc([C@H]2C(C(=O)/C=C/c3ccccc3)=C(O)C(=O)N2CCOCCO)cc1. The molecule has 0 fully saturated rings. The summed E-state index contributed by atoms with van der Waals surface area (Å²) in [6.45, 7) is 0.319. The number of hydrogen-bond donors (Lipinski definition) is 2. The molecule has 0 saturated heterocycles. The molecular weight excluding hydrogens is 398 g/mol. The van der Waals surface area contributed by atoms with Crippen LogP contribution in [0.4, 0.5) is 0 Å². The lowest BCUT2D eigenvalue weighted by Crippen LogP contribution is -2.34. The highest BCUT2D eigenvalue weighted by molar-refractivity contribution is 6.14. The van der Waals surface area contributed by atoms with Crippen LogP contribution in [0.25, 0.3) is 6.08 Å². The first-order valence-electron chi connectivity index (χ1n) is 9.91. The summed E-state index contributed by atoms with van der Waals surface area (Å²) >= 11 is 0. The van der Waals surface area contributed by atoms with E-state index in [1.54, 1.807) is 37.5 Å². The van der Waals surface area contributed by atoms with Crippen LogP contribution in [0.15, 0.2) is 72.0 Å². The van der Waals surface area contributed by atoms with Gasteiger partial charge in [0.25, 0.3) is 5.91 Å². The van der Waals surface area contributed by atoms with Gasteiger partial charge in [0.1, 0.15) is 5.75 Å². The van der Waals surface area contributed by atoms with Crippen molar-refractivity contribution < 1.29 is 29.3 Å². The van der Waals surface area contributed by atoms with Gasteiger partial charge in [-0.2, -0.15) is 0 Å². The van der Waals surface area contributed by atoms with Crippen LogP contribution in [0, 0.1) is 0 Å². The normalized spacial score (nSPS) is 16.4. The van der Waals surface area contributed by atoms with Gasteiger partial charge in [0.05, 0.1) is 38.5 Å². The third kappa shape index (κ3) is 5.20. The molecule has 0 aromatic heterocycles. The molecular formula is C24H25NO6. The van der Waals surface area contributed by atoms with Crippen molar-refractivity contribution in [1.29, 1.82) is 0 Å². The number of carbonyl (C=O) groups is 2. The molecule has 0 bridgehead atoms. The Morgan fingerprint density at radius 3 is 2.45 bits per heavy atom. The molecule has 1 heterocycles. The molecule has 7 heteroatoms. The van der Waals surface area contributed by atoms with Crippen molar-refractivity contribution in [3.63, 3.8) is 0 Å². The summed E-state index contributed by atoms with van der Waals surface area (Å²) in [4.78, 5) is 27.2. The van der Waals surface area contributed by atoms with Crippen molar-refractivity contribution in [3.8, 4) is 5.75 Å². The van der Waals surface area contributed by atoms with Gasteiger partial charge < -0.3 is 24.6 Å². The molecule has 1 atom stereocenters. The number of allylic oxidation sites excluding steroid dienone is 1. The van der Waals surface area contributed by atoms with Crippen molar-refractivity contribution in [1.82, 2.24) is 4.90 Å². The molecule has 7 nitrogen and oxygen atoms in total. The van der Waals surface area contributed by atoms with E-state index < -0.39 is 23.5 Å². The number of aliphatic hydroxyl groups excluding tert-OH is 2. The average Bonchev–Trinajstić information content (AvgIpc) is 3.06. The molecule has 0 saturated carbocycles. The van der Waals surface area contributed by atoms with E-state index in [0.717, 1.165) is 5.56 Å². The van der Waals surface area contributed by atoms with E-state index in [-0.39, 0.29) is 31.9 Å². The highest BCUT2D eigenvalue weighted by atomic mass is 16.5. The largest absolute Gasteiger partial charge is 0.503 e. The van der Waals surface area contributed by atoms with Crippen LogP contribution >= 0.6 is 0 Å². The number of aliphatic hydroxyl groups is 2. The van der Waals surface area contributed by atoms with Crippen LogP contribution < -0.4 is 4.74 Å². The predicted octanol–water partition coefficient (Wildman–Crippen LogP) is 2.68. The van der Waals surface area contributed by atoms with Gasteiger partial charge in [0.15, 0.2) is 11.5 Å². The first kappa shape index (κ1) is 22.3. The average molecular weight is 423 g/mol. The fourth-order valence-corrected chi connectivity index (χ4v) is 3.42. The molecule has 0 aliphatic carbocycles. The number of rotatable bonds is 10. The molecule has 0 unspecified atom stereocenters. The molecule has 31 heavy (non-hydrogen) atoms. The first-order chi connectivity index (χ1) is 15.1. The highest BCUT2D eigenvalue weighted by Crippen LogP contribution is 2.38. The van der Waals surface area contributed by atoms with Gasteiger partial charge in [-0.15, -0.1) is 0 Å². The van der Waals surface area contributed by atoms with Crippen molar-refractivity contribution in [3.05, 3.63) is 83.1 Å². The van der Waals surface area contributed by atoms with E-state index in [9.17, 15) is 14.7 Å². The van der Waals surface area contributed by atoms with E-state index in [1.807, 2.05) is 30.3 Å². The van der Waals surface area contributed by atoms with E-state index in [4.69, 9.17) is 14.6 Å². The Bertz CT molecular complexity index is 965. The number of benzene rings is 2. The summed E-state index contributed by atoms with van der Waals surface area (Å²) in [6, 6.07) is 15.5. The Labute approximate surface area is 180 Å². The highest BCUT2D eigenvalue weighted by Gasteiger charge is 2.42. The first-order valence-corrected chi connectivity index (χ1v) is 9.91. The summed E-state index contributed by atoms with van der Waals surface area (Å²) in [5.74, 6) is -1.01. The van der Waals surface area contributed by atoms with Gasteiger partial charge in [-0.05, 0) is 29.3 Å². The molecule has 3 rings (SSSR count). The maximum Gasteiger partial charge on any atom is 0.290 e. The van der Waals surface area contributed by atoms with E-state index in [0.29, 0.717) is 11.3 Å². The fourth-order valence-electron chi connectivity index (χ4n) is 3.42. The molecule has 2 N–H and O–H groups in total. The van der Waals surface area contributed by atoms with Gasteiger partial charge in [0, 0.05) is 6.54 Å². The van der Waals surface area contributed by atoms with Crippen LogP contribution in [0.5, 0.6) is 5.75 Å². The maximum atomic E-state index is 13.0. The topological polar surface area (TPSA) is 96.3 Å². The number of ketones is 1. The second-order valence-corrected chi connectivity index (χ2v) is 6.88. The maximum absolute atomic E-state index is 13.0. The van der Waals surface area contributed by atoms with E-state index >= 15 is 0 Å². The second-order valence-electron chi connectivity index (χ2n) is 6.88. The molecule has 2 aromatic rings.